The van der Waals surface area contributed by atoms with Gasteiger partial charge in [-0.2, -0.15) is 0 Å². The van der Waals surface area contributed by atoms with E-state index in [9.17, 15) is 18.0 Å². The maximum absolute atomic E-state index is 12.4. The van der Waals surface area contributed by atoms with Gasteiger partial charge < -0.3 is 14.8 Å². The molecule has 2 aromatic carbocycles. The van der Waals surface area contributed by atoms with Crippen molar-refractivity contribution in [3.8, 4) is 11.5 Å². The fourth-order valence-electron chi connectivity index (χ4n) is 2.37. The lowest BCUT2D eigenvalue weighted by molar-refractivity contribution is -0.274. The number of rotatable bonds is 6. The topological polar surface area (TPSA) is 47.6 Å². The third kappa shape index (κ3) is 5.68. The van der Waals surface area contributed by atoms with Crippen LogP contribution in [0.3, 0.4) is 0 Å². The van der Waals surface area contributed by atoms with Crippen LogP contribution in [0.5, 0.6) is 11.5 Å². The van der Waals surface area contributed by atoms with Gasteiger partial charge in [0.15, 0.2) is 6.10 Å². The van der Waals surface area contributed by atoms with Crippen molar-refractivity contribution < 1.29 is 27.4 Å². The zero-order valence-electron chi connectivity index (χ0n) is 14.7. The van der Waals surface area contributed by atoms with Crippen molar-refractivity contribution in [3.05, 3.63) is 53.6 Å². The third-order valence-electron chi connectivity index (χ3n) is 3.62. The van der Waals surface area contributed by atoms with E-state index >= 15 is 0 Å². The van der Waals surface area contributed by atoms with E-state index in [0.717, 1.165) is 23.3 Å². The number of benzene rings is 2. The fourth-order valence-corrected chi connectivity index (χ4v) is 2.37. The monoisotopic (exact) mass is 367 g/mol. The van der Waals surface area contributed by atoms with Crippen LogP contribution in [0, 0.1) is 13.8 Å². The van der Waals surface area contributed by atoms with Crippen LogP contribution >= 0.6 is 0 Å². The minimum Gasteiger partial charge on any atom is -0.480 e. The smallest absolute Gasteiger partial charge is 0.480 e. The Balaban J connectivity index is 2.02. The van der Waals surface area contributed by atoms with E-state index in [1.807, 2.05) is 39.0 Å². The summed E-state index contributed by atoms with van der Waals surface area (Å²) in [6.07, 6.45) is -5.03. The molecule has 2 aromatic rings. The molecule has 1 atom stereocenters. The number of anilines is 1. The van der Waals surface area contributed by atoms with Crippen LogP contribution in [0.15, 0.2) is 42.5 Å². The van der Waals surface area contributed by atoms with E-state index in [0.29, 0.717) is 17.9 Å². The molecular formula is C19H20F3NO3. The largest absolute Gasteiger partial charge is 0.573 e. The van der Waals surface area contributed by atoms with E-state index < -0.39 is 12.5 Å². The Hall–Kier alpha value is -2.70. The van der Waals surface area contributed by atoms with Gasteiger partial charge in [-0.3, -0.25) is 4.79 Å². The first-order valence-electron chi connectivity index (χ1n) is 8.08. The van der Waals surface area contributed by atoms with Gasteiger partial charge in [-0.05, 0) is 56.2 Å². The van der Waals surface area contributed by atoms with Crippen LogP contribution in [0.1, 0.15) is 24.5 Å². The minimum atomic E-state index is -4.75. The van der Waals surface area contributed by atoms with E-state index in [1.54, 1.807) is 0 Å². The van der Waals surface area contributed by atoms with Crippen LogP contribution in [-0.2, 0) is 4.79 Å². The number of hydrogen-bond acceptors (Lipinski definition) is 3. The summed E-state index contributed by atoms with van der Waals surface area (Å²) in [4.78, 5) is 12.4. The van der Waals surface area contributed by atoms with Crippen LogP contribution < -0.4 is 14.8 Å². The molecular weight excluding hydrogens is 347 g/mol. The number of carbonyl (C=O) groups is 1. The second-order valence-electron chi connectivity index (χ2n) is 5.85. The van der Waals surface area contributed by atoms with Gasteiger partial charge in [-0.25, -0.2) is 0 Å². The Morgan fingerprint density at radius 1 is 1.12 bits per heavy atom. The number of aryl methyl sites for hydroxylation is 2. The van der Waals surface area contributed by atoms with E-state index in [-0.39, 0.29) is 11.7 Å². The molecule has 0 aliphatic carbocycles. The average molecular weight is 367 g/mol. The van der Waals surface area contributed by atoms with Gasteiger partial charge in [0, 0.05) is 5.69 Å². The molecule has 1 amide bonds. The lowest BCUT2D eigenvalue weighted by Crippen LogP contribution is -2.32. The molecule has 0 fully saturated rings. The van der Waals surface area contributed by atoms with Gasteiger partial charge in [0.1, 0.15) is 11.5 Å². The molecule has 0 aliphatic heterocycles. The molecule has 0 saturated carbocycles. The predicted molar refractivity (Wildman–Crippen MR) is 92.4 cm³/mol. The standard InChI is InChI=1S/C19H20F3NO3/c1-4-16(25-17-10-5-12(2)11-13(17)3)18(24)23-14-6-8-15(9-7-14)26-19(20,21)22/h5-11,16H,4H2,1-3H3,(H,23,24). The maximum Gasteiger partial charge on any atom is 0.573 e. The molecule has 1 N–H and O–H groups in total. The van der Waals surface area contributed by atoms with Crippen molar-refractivity contribution in [2.45, 2.75) is 39.7 Å². The fraction of sp³-hybridized carbons (Fsp3) is 0.316. The molecule has 0 aliphatic rings. The summed E-state index contributed by atoms with van der Waals surface area (Å²) in [5.74, 6) is -0.113. The second-order valence-corrected chi connectivity index (χ2v) is 5.85. The van der Waals surface area contributed by atoms with E-state index in [1.165, 1.54) is 12.1 Å². The molecule has 7 heteroatoms. The van der Waals surface area contributed by atoms with Crippen molar-refractivity contribution in [2.75, 3.05) is 5.32 Å². The molecule has 1 unspecified atom stereocenters. The van der Waals surface area contributed by atoms with Crippen molar-refractivity contribution in [1.82, 2.24) is 0 Å². The molecule has 0 saturated heterocycles. The van der Waals surface area contributed by atoms with Crippen LogP contribution in [-0.4, -0.2) is 18.4 Å². The number of hydrogen-bond donors (Lipinski definition) is 1. The molecule has 2 rings (SSSR count). The van der Waals surface area contributed by atoms with Crippen molar-refractivity contribution in [1.29, 1.82) is 0 Å². The van der Waals surface area contributed by atoms with Crippen molar-refractivity contribution in [3.63, 3.8) is 0 Å². The van der Waals surface area contributed by atoms with Gasteiger partial charge in [0.05, 0.1) is 0 Å². The number of carbonyl (C=O) groups excluding carboxylic acids is 1. The predicted octanol–water partition coefficient (Wildman–Crippen LogP) is 5.00. The first-order chi connectivity index (χ1) is 12.2. The summed E-state index contributed by atoms with van der Waals surface area (Å²) in [5, 5.41) is 2.63. The first-order valence-corrected chi connectivity index (χ1v) is 8.08. The molecule has 140 valence electrons. The van der Waals surface area contributed by atoms with Crippen LogP contribution in [0.2, 0.25) is 0 Å². The Labute approximate surface area is 149 Å². The number of alkyl halides is 3. The average Bonchev–Trinajstić information content (AvgIpc) is 2.54. The lowest BCUT2D eigenvalue weighted by Gasteiger charge is -2.19. The number of nitrogens with one attached hydrogen (secondary N) is 1. The maximum atomic E-state index is 12.4. The molecule has 0 aromatic heterocycles. The highest BCUT2D eigenvalue weighted by Crippen LogP contribution is 2.25. The van der Waals surface area contributed by atoms with Crippen LogP contribution in [0.25, 0.3) is 0 Å². The van der Waals surface area contributed by atoms with Gasteiger partial charge in [0.25, 0.3) is 5.91 Å². The summed E-state index contributed by atoms with van der Waals surface area (Å²) in [5.41, 5.74) is 2.37. The first kappa shape index (κ1) is 19.6. The molecule has 0 radical (unpaired) electrons. The van der Waals surface area contributed by atoms with Crippen molar-refractivity contribution >= 4 is 11.6 Å². The normalized spacial score (nSPS) is 12.4. The zero-order valence-corrected chi connectivity index (χ0v) is 14.7. The highest BCUT2D eigenvalue weighted by molar-refractivity contribution is 5.94. The van der Waals surface area contributed by atoms with Gasteiger partial charge in [0.2, 0.25) is 0 Å². The number of halogens is 3. The highest BCUT2D eigenvalue weighted by atomic mass is 19.4. The summed E-state index contributed by atoms with van der Waals surface area (Å²) in [7, 11) is 0. The Morgan fingerprint density at radius 2 is 1.77 bits per heavy atom. The Kier molecular flexibility index (Phi) is 6.13. The summed E-state index contributed by atoms with van der Waals surface area (Å²) in [6, 6.07) is 10.6. The summed E-state index contributed by atoms with van der Waals surface area (Å²) >= 11 is 0. The lowest BCUT2D eigenvalue weighted by atomic mass is 10.1. The number of ether oxygens (including phenoxy) is 2. The number of amides is 1. The molecule has 4 nitrogen and oxygen atoms in total. The van der Waals surface area contributed by atoms with Gasteiger partial charge in [-0.15, -0.1) is 13.2 Å². The molecule has 0 heterocycles. The van der Waals surface area contributed by atoms with E-state index in [4.69, 9.17) is 4.74 Å². The van der Waals surface area contributed by atoms with Crippen LogP contribution in [0.4, 0.5) is 18.9 Å². The minimum absolute atomic E-state index is 0.353. The van der Waals surface area contributed by atoms with Crippen molar-refractivity contribution in [2.24, 2.45) is 0 Å². The van der Waals surface area contributed by atoms with E-state index in [2.05, 4.69) is 10.1 Å². The third-order valence-corrected chi connectivity index (χ3v) is 3.62. The Morgan fingerprint density at radius 3 is 2.31 bits per heavy atom. The summed E-state index contributed by atoms with van der Waals surface area (Å²) in [6.45, 7) is 5.67. The molecule has 0 bridgehead atoms. The highest BCUT2D eigenvalue weighted by Gasteiger charge is 2.31. The molecule has 26 heavy (non-hydrogen) atoms. The van der Waals surface area contributed by atoms with Gasteiger partial charge >= 0.3 is 6.36 Å². The second kappa shape index (κ2) is 8.12. The SMILES string of the molecule is CCC(Oc1ccc(C)cc1C)C(=O)Nc1ccc(OC(F)(F)F)cc1. The summed E-state index contributed by atoms with van der Waals surface area (Å²) < 4.78 is 46.1. The Bertz CT molecular complexity index is 758. The zero-order chi connectivity index (χ0) is 19.3. The van der Waals surface area contributed by atoms with Gasteiger partial charge in [-0.1, -0.05) is 24.6 Å². The quantitative estimate of drug-likeness (QED) is 0.782. The molecule has 0 spiro atoms.